The smallest absolute Gasteiger partial charge is 0.227 e. The van der Waals surface area contributed by atoms with Crippen LogP contribution in [-0.2, 0) is 17.6 Å². The lowest BCUT2D eigenvalue weighted by Crippen LogP contribution is -2.35. The average Bonchev–Trinajstić information content (AvgIpc) is 3.01. The van der Waals surface area contributed by atoms with Crippen LogP contribution in [0.15, 0.2) is 28.8 Å². The molecule has 1 amide bonds. The van der Waals surface area contributed by atoms with E-state index in [0.29, 0.717) is 13.0 Å². The third-order valence-corrected chi connectivity index (χ3v) is 5.54. The zero-order chi connectivity index (χ0) is 19.8. The average molecular weight is 385 g/mol. The van der Waals surface area contributed by atoms with E-state index in [9.17, 15) is 4.79 Å². The Hall–Kier alpha value is -2.30. The number of hydrogen-bond donors (Lipinski definition) is 0. The van der Waals surface area contributed by atoms with E-state index >= 15 is 0 Å². The number of carbonyl (C=O) groups excluding carboxylic acids is 1. The first-order chi connectivity index (χ1) is 13.6. The summed E-state index contributed by atoms with van der Waals surface area (Å²) in [6, 6.07) is 8.34. The van der Waals surface area contributed by atoms with E-state index in [1.54, 1.807) is 0 Å². The molecule has 2 aromatic rings. The van der Waals surface area contributed by atoms with Crippen molar-refractivity contribution in [1.82, 2.24) is 10.1 Å². The number of ether oxygens (including phenoxy) is 1. The Bertz CT molecular complexity index is 749. The summed E-state index contributed by atoms with van der Waals surface area (Å²) < 4.78 is 11.3. The van der Waals surface area contributed by atoms with Gasteiger partial charge < -0.3 is 14.2 Å². The molecular formula is C23H32N2O3. The largest absolute Gasteiger partial charge is 0.493 e. The van der Waals surface area contributed by atoms with Gasteiger partial charge in [-0.25, -0.2) is 0 Å². The lowest BCUT2D eigenvalue weighted by molar-refractivity contribution is -0.130. The van der Waals surface area contributed by atoms with Gasteiger partial charge in [0.05, 0.1) is 18.7 Å². The highest BCUT2D eigenvalue weighted by molar-refractivity contribution is 5.79. The summed E-state index contributed by atoms with van der Waals surface area (Å²) >= 11 is 0. The number of aryl methyl sites for hydroxylation is 3. The van der Waals surface area contributed by atoms with Gasteiger partial charge in [0.15, 0.2) is 0 Å². The standard InChI is InChI=1S/C23H32N2O3/c1-18-21(19(2)28-24-18)17-23(26)25-14-9-5-3-4-6-11-20-12-7-8-13-22(20)27-16-10-15-25/h7-8,12-13H,3-6,9-11,14-17H2,1-2H3. The molecule has 0 unspecified atom stereocenters. The quantitative estimate of drug-likeness (QED) is 0.757. The number of para-hydroxylation sites is 1. The second-order valence-electron chi connectivity index (χ2n) is 7.69. The summed E-state index contributed by atoms with van der Waals surface area (Å²) in [7, 11) is 0. The molecule has 0 fully saturated rings. The maximum absolute atomic E-state index is 12.9. The molecule has 1 aliphatic heterocycles. The second kappa shape index (κ2) is 10.3. The number of rotatable bonds is 2. The molecule has 0 saturated carbocycles. The molecule has 0 N–H and O–H groups in total. The van der Waals surface area contributed by atoms with Crippen LogP contribution < -0.4 is 4.74 Å². The van der Waals surface area contributed by atoms with Crippen molar-refractivity contribution in [1.29, 1.82) is 0 Å². The van der Waals surface area contributed by atoms with Crippen LogP contribution in [0.3, 0.4) is 0 Å². The zero-order valence-corrected chi connectivity index (χ0v) is 17.2. The maximum Gasteiger partial charge on any atom is 0.227 e. The molecule has 1 aromatic carbocycles. The van der Waals surface area contributed by atoms with Crippen LogP contribution in [0.5, 0.6) is 5.75 Å². The summed E-state index contributed by atoms with van der Waals surface area (Å²) in [4.78, 5) is 14.9. The van der Waals surface area contributed by atoms with Crippen LogP contribution in [0.2, 0.25) is 0 Å². The summed E-state index contributed by atoms with van der Waals surface area (Å²) in [6.45, 7) is 5.94. The number of amides is 1. The van der Waals surface area contributed by atoms with Crippen molar-refractivity contribution < 1.29 is 14.1 Å². The van der Waals surface area contributed by atoms with Crippen molar-refractivity contribution in [3.05, 3.63) is 46.8 Å². The van der Waals surface area contributed by atoms with Gasteiger partial charge in [0.2, 0.25) is 5.91 Å². The molecule has 0 atom stereocenters. The van der Waals surface area contributed by atoms with Crippen LogP contribution in [-0.4, -0.2) is 35.7 Å². The number of fused-ring (bicyclic) bond motifs is 1. The molecule has 0 radical (unpaired) electrons. The minimum atomic E-state index is 0.155. The van der Waals surface area contributed by atoms with Crippen molar-refractivity contribution in [2.24, 2.45) is 0 Å². The van der Waals surface area contributed by atoms with Crippen molar-refractivity contribution >= 4 is 5.91 Å². The van der Waals surface area contributed by atoms with Crippen LogP contribution in [0.25, 0.3) is 0 Å². The maximum atomic E-state index is 12.9. The van der Waals surface area contributed by atoms with E-state index < -0.39 is 0 Å². The van der Waals surface area contributed by atoms with Gasteiger partial charge in [-0.2, -0.15) is 0 Å². The van der Waals surface area contributed by atoms with Gasteiger partial charge in [-0.05, 0) is 51.2 Å². The summed E-state index contributed by atoms with van der Waals surface area (Å²) in [5, 5.41) is 3.97. The van der Waals surface area contributed by atoms with E-state index in [1.807, 2.05) is 24.8 Å². The highest BCUT2D eigenvalue weighted by Crippen LogP contribution is 2.21. The van der Waals surface area contributed by atoms with Gasteiger partial charge in [0.25, 0.3) is 0 Å². The van der Waals surface area contributed by atoms with Crippen molar-refractivity contribution in [2.75, 3.05) is 19.7 Å². The summed E-state index contributed by atoms with van der Waals surface area (Å²) in [5.41, 5.74) is 3.04. The summed E-state index contributed by atoms with van der Waals surface area (Å²) in [6.07, 6.45) is 8.15. The second-order valence-corrected chi connectivity index (χ2v) is 7.69. The van der Waals surface area contributed by atoms with E-state index in [2.05, 4.69) is 23.4 Å². The predicted molar refractivity (Wildman–Crippen MR) is 110 cm³/mol. The molecule has 5 nitrogen and oxygen atoms in total. The highest BCUT2D eigenvalue weighted by Gasteiger charge is 2.19. The normalized spacial score (nSPS) is 16.7. The molecule has 0 saturated heterocycles. The Morgan fingerprint density at radius 3 is 2.61 bits per heavy atom. The van der Waals surface area contributed by atoms with E-state index in [-0.39, 0.29) is 5.91 Å². The van der Waals surface area contributed by atoms with Crippen LogP contribution >= 0.6 is 0 Å². The minimum Gasteiger partial charge on any atom is -0.493 e. The van der Waals surface area contributed by atoms with E-state index in [4.69, 9.17) is 9.26 Å². The van der Waals surface area contributed by atoms with Crippen LogP contribution in [0.4, 0.5) is 0 Å². The lowest BCUT2D eigenvalue weighted by Gasteiger charge is -2.23. The fourth-order valence-electron chi connectivity index (χ4n) is 3.82. The molecule has 1 aliphatic rings. The Balaban J connectivity index is 1.62. The van der Waals surface area contributed by atoms with Gasteiger partial charge in [-0.3, -0.25) is 4.79 Å². The number of benzene rings is 1. The van der Waals surface area contributed by atoms with Gasteiger partial charge in [-0.1, -0.05) is 42.6 Å². The fourth-order valence-corrected chi connectivity index (χ4v) is 3.82. The topological polar surface area (TPSA) is 55.6 Å². The Kier molecular flexibility index (Phi) is 7.52. The Labute approximate surface area is 168 Å². The van der Waals surface area contributed by atoms with Gasteiger partial charge in [-0.15, -0.1) is 0 Å². The van der Waals surface area contributed by atoms with Crippen molar-refractivity contribution in [3.8, 4) is 5.75 Å². The van der Waals surface area contributed by atoms with Gasteiger partial charge >= 0.3 is 0 Å². The van der Waals surface area contributed by atoms with Crippen LogP contribution in [0.1, 0.15) is 61.1 Å². The van der Waals surface area contributed by atoms with Crippen molar-refractivity contribution in [2.45, 2.75) is 65.2 Å². The first kappa shape index (κ1) is 20.4. The van der Waals surface area contributed by atoms with E-state index in [1.165, 1.54) is 31.2 Å². The molecule has 0 bridgehead atoms. The number of carbonyl (C=O) groups is 1. The molecule has 28 heavy (non-hydrogen) atoms. The van der Waals surface area contributed by atoms with Gasteiger partial charge in [0.1, 0.15) is 11.5 Å². The Morgan fingerprint density at radius 1 is 1.04 bits per heavy atom. The molecule has 152 valence electrons. The van der Waals surface area contributed by atoms with Crippen LogP contribution in [0, 0.1) is 13.8 Å². The van der Waals surface area contributed by atoms with E-state index in [0.717, 1.165) is 55.1 Å². The predicted octanol–water partition coefficient (Wildman–Crippen LogP) is 4.64. The minimum absolute atomic E-state index is 0.155. The molecule has 0 spiro atoms. The first-order valence-corrected chi connectivity index (χ1v) is 10.6. The van der Waals surface area contributed by atoms with Gasteiger partial charge in [0, 0.05) is 18.7 Å². The fraction of sp³-hybridized carbons (Fsp3) is 0.565. The molecular weight excluding hydrogens is 352 g/mol. The monoisotopic (exact) mass is 384 g/mol. The SMILES string of the molecule is Cc1noc(C)c1CC(=O)N1CCCCCCCc2ccccc2OCCC1. The number of aromatic nitrogens is 1. The number of nitrogens with zero attached hydrogens (tertiary/aromatic N) is 2. The first-order valence-electron chi connectivity index (χ1n) is 10.6. The lowest BCUT2D eigenvalue weighted by atomic mass is 10.0. The van der Waals surface area contributed by atoms with Crippen molar-refractivity contribution in [3.63, 3.8) is 0 Å². The highest BCUT2D eigenvalue weighted by atomic mass is 16.5. The third-order valence-electron chi connectivity index (χ3n) is 5.54. The molecule has 1 aromatic heterocycles. The Morgan fingerprint density at radius 2 is 1.79 bits per heavy atom. The molecule has 2 heterocycles. The number of hydrogen-bond acceptors (Lipinski definition) is 4. The zero-order valence-electron chi connectivity index (χ0n) is 17.2. The molecule has 5 heteroatoms. The molecule has 3 rings (SSSR count). The third kappa shape index (κ3) is 5.60. The molecule has 0 aliphatic carbocycles. The summed E-state index contributed by atoms with van der Waals surface area (Å²) in [5.74, 6) is 1.89.